The third kappa shape index (κ3) is 7.02. The third-order valence-electron chi connectivity index (χ3n) is 6.85. The smallest absolute Gasteiger partial charge is 0.319 e. The van der Waals surface area contributed by atoms with Crippen molar-refractivity contribution in [3.05, 3.63) is 81.7 Å². The van der Waals surface area contributed by atoms with Crippen molar-refractivity contribution in [3.63, 3.8) is 0 Å². The first-order valence-corrected chi connectivity index (χ1v) is 15.7. The van der Waals surface area contributed by atoms with Crippen LogP contribution in [-0.4, -0.2) is 54.6 Å². The van der Waals surface area contributed by atoms with E-state index in [0.29, 0.717) is 18.0 Å². The second kappa shape index (κ2) is 12.9. The molecule has 0 saturated heterocycles. The Labute approximate surface area is 244 Å². The maximum Gasteiger partial charge on any atom is 0.319 e. The van der Waals surface area contributed by atoms with E-state index in [1.54, 1.807) is 0 Å². The maximum atomic E-state index is 13.5. The van der Waals surface area contributed by atoms with Crippen LogP contribution in [0.3, 0.4) is 0 Å². The van der Waals surface area contributed by atoms with Gasteiger partial charge in [0.2, 0.25) is 10.0 Å². The number of thiophene rings is 1. The largest absolute Gasteiger partial charge is 0.351 e. The van der Waals surface area contributed by atoms with Crippen LogP contribution in [0.1, 0.15) is 63.9 Å². The Morgan fingerprint density at radius 3 is 2.34 bits per heavy atom. The number of fused-ring (bicyclic) bond motifs is 1. The average molecular weight is 598 g/mol. The van der Waals surface area contributed by atoms with E-state index in [9.17, 15) is 22.8 Å². The molecule has 0 fully saturated rings. The van der Waals surface area contributed by atoms with Crippen LogP contribution < -0.4 is 16.4 Å². The first kappa shape index (κ1) is 30.4. The summed E-state index contributed by atoms with van der Waals surface area (Å²) in [6.45, 7) is 8.26. The fourth-order valence-corrected chi connectivity index (χ4v) is 7.77. The van der Waals surface area contributed by atoms with E-state index in [2.05, 4.69) is 22.5 Å². The number of sulfonamides is 1. The molecule has 1 aliphatic heterocycles. The number of nitrogens with one attached hydrogen (secondary N) is 2. The minimum atomic E-state index is -3.84. The number of benzene rings is 2. The molecule has 4 rings (SSSR count). The summed E-state index contributed by atoms with van der Waals surface area (Å²) >= 11 is 1.30. The van der Waals surface area contributed by atoms with E-state index in [1.165, 1.54) is 39.9 Å². The number of anilines is 1. The molecule has 12 heteroatoms. The van der Waals surface area contributed by atoms with E-state index < -0.39 is 27.9 Å². The van der Waals surface area contributed by atoms with Crippen molar-refractivity contribution in [3.8, 4) is 0 Å². The van der Waals surface area contributed by atoms with E-state index in [1.807, 2.05) is 44.2 Å². The number of nitrogens with zero attached hydrogens (tertiary/aromatic N) is 2. The van der Waals surface area contributed by atoms with E-state index in [-0.39, 0.29) is 28.6 Å². The SMILES string of the molecule is CCCN1CCc2c(sc(NC(=O)c3ccc(S(=O)(=O)N(Cc4ccccc4)C(C)C)cc3)c2C(=O)NC(N)=O)C1. The summed E-state index contributed by atoms with van der Waals surface area (Å²) in [6.07, 6.45) is 1.59. The molecule has 0 aliphatic carbocycles. The number of nitrogens with two attached hydrogens (primary N) is 1. The first-order valence-electron chi connectivity index (χ1n) is 13.5. The lowest BCUT2D eigenvalue weighted by Crippen LogP contribution is -2.36. The highest BCUT2D eigenvalue weighted by molar-refractivity contribution is 7.89. The number of carbonyl (C=O) groups excluding carboxylic acids is 3. The van der Waals surface area contributed by atoms with E-state index in [0.717, 1.165) is 35.5 Å². The van der Waals surface area contributed by atoms with Crippen molar-refractivity contribution in [2.45, 2.75) is 57.6 Å². The molecule has 0 unspecified atom stereocenters. The summed E-state index contributed by atoms with van der Waals surface area (Å²) in [7, 11) is -3.84. The molecule has 4 amide bonds. The topological polar surface area (TPSA) is 142 Å². The van der Waals surface area contributed by atoms with Gasteiger partial charge in [0, 0.05) is 36.1 Å². The standard InChI is InChI=1S/C29H35N5O5S2/c1-4-15-33-16-14-23-24(18-33)40-28(25(23)27(36)32-29(30)37)31-26(35)21-10-12-22(13-11-21)41(38,39)34(19(2)3)17-20-8-6-5-7-9-20/h5-13,19H,4,14-18H2,1-3H3,(H,31,35)(H3,30,32,36,37). The lowest BCUT2D eigenvalue weighted by Gasteiger charge is -2.26. The van der Waals surface area contributed by atoms with Gasteiger partial charge in [-0.15, -0.1) is 11.3 Å². The number of amides is 4. The van der Waals surface area contributed by atoms with Crippen LogP contribution in [-0.2, 0) is 29.5 Å². The summed E-state index contributed by atoms with van der Waals surface area (Å²) in [5.41, 5.74) is 7.32. The van der Waals surface area contributed by atoms with Crippen LogP contribution in [0.25, 0.3) is 0 Å². The maximum absolute atomic E-state index is 13.5. The molecule has 1 aliphatic rings. The predicted molar refractivity (Wildman–Crippen MR) is 159 cm³/mol. The molecule has 0 bridgehead atoms. The number of hydrogen-bond acceptors (Lipinski definition) is 7. The Hall–Kier alpha value is -3.58. The predicted octanol–water partition coefficient (Wildman–Crippen LogP) is 4.18. The minimum absolute atomic E-state index is 0.0720. The molecule has 2 heterocycles. The Bertz CT molecular complexity index is 1520. The van der Waals surface area contributed by atoms with Gasteiger partial charge in [-0.2, -0.15) is 4.31 Å². The number of rotatable bonds is 10. The van der Waals surface area contributed by atoms with E-state index >= 15 is 0 Å². The molecule has 2 aromatic carbocycles. The molecule has 0 spiro atoms. The fraction of sp³-hybridized carbons (Fsp3) is 0.345. The average Bonchev–Trinajstić information content (AvgIpc) is 3.29. The van der Waals surface area contributed by atoms with Crippen LogP contribution in [0, 0.1) is 0 Å². The van der Waals surface area contributed by atoms with Crippen LogP contribution in [0.2, 0.25) is 0 Å². The van der Waals surface area contributed by atoms with Crippen LogP contribution >= 0.6 is 11.3 Å². The zero-order valence-electron chi connectivity index (χ0n) is 23.3. The van der Waals surface area contributed by atoms with Gasteiger partial charge in [0.05, 0.1) is 10.5 Å². The molecule has 0 atom stereocenters. The normalized spacial score (nSPS) is 13.7. The highest BCUT2D eigenvalue weighted by Gasteiger charge is 2.30. The van der Waals surface area contributed by atoms with Crippen molar-refractivity contribution < 1.29 is 22.8 Å². The van der Waals surface area contributed by atoms with Crippen molar-refractivity contribution >= 4 is 44.2 Å². The molecular weight excluding hydrogens is 562 g/mol. The van der Waals surface area contributed by atoms with E-state index in [4.69, 9.17) is 5.73 Å². The lowest BCUT2D eigenvalue weighted by atomic mass is 10.0. The van der Waals surface area contributed by atoms with Crippen LogP contribution in [0.15, 0.2) is 59.5 Å². The Morgan fingerprint density at radius 1 is 1.05 bits per heavy atom. The Morgan fingerprint density at radius 2 is 1.73 bits per heavy atom. The van der Waals surface area contributed by atoms with Gasteiger partial charge in [0.15, 0.2) is 0 Å². The second-order valence-corrected chi connectivity index (χ2v) is 13.2. The molecule has 10 nitrogen and oxygen atoms in total. The van der Waals surface area contributed by atoms with Crippen molar-refractivity contribution in [1.82, 2.24) is 14.5 Å². The molecule has 0 saturated carbocycles. The Balaban J connectivity index is 1.57. The van der Waals surface area contributed by atoms with Crippen molar-refractivity contribution in [2.75, 3.05) is 18.4 Å². The zero-order chi connectivity index (χ0) is 29.7. The summed E-state index contributed by atoms with van der Waals surface area (Å²) in [4.78, 5) is 40.8. The van der Waals surface area contributed by atoms with Gasteiger partial charge >= 0.3 is 6.03 Å². The zero-order valence-corrected chi connectivity index (χ0v) is 25.0. The highest BCUT2D eigenvalue weighted by Crippen LogP contribution is 2.37. The quantitative estimate of drug-likeness (QED) is 0.320. The van der Waals surface area contributed by atoms with Gasteiger partial charge in [-0.1, -0.05) is 37.3 Å². The monoisotopic (exact) mass is 597 g/mol. The van der Waals surface area contributed by atoms with Crippen molar-refractivity contribution in [2.24, 2.45) is 5.73 Å². The molecule has 0 radical (unpaired) electrons. The molecule has 218 valence electrons. The summed E-state index contributed by atoms with van der Waals surface area (Å²) in [5, 5.41) is 5.24. The number of carbonyl (C=O) groups is 3. The molecule has 41 heavy (non-hydrogen) atoms. The van der Waals surface area contributed by atoms with Gasteiger partial charge in [0.1, 0.15) is 5.00 Å². The second-order valence-electron chi connectivity index (χ2n) is 10.2. The van der Waals surface area contributed by atoms with Gasteiger partial charge in [-0.3, -0.25) is 19.8 Å². The molecule has 1 aromatic heterocycles. The number of hydrogen-bond donors (Lipinski definition) is 3. The van der Waals surface area contributed by atoms with Gasteiger partial charge < -0.3 is 11.1 Å². The highest BCUT2D eigenvalue weighted by atomic mass is 32.2. The number of primary amides is 1. The summed E-state index contributed by atoms with van der Waals surface area (Å²) < 4.78 is 28.4. The molecule has 3 aromatic rings. The summed E-state index contributed by atoms with van der Waals surface area (Å²) in [6, 6.07) is 13.8. The van der Waals surface area contributed by atoms with Gasteiger partial charge in [0.25, 0.3) is 11.8 Å². The minimum Gasteiger partial charge on any atom is -0.351 e. The van der Waals surface area contributed by atoms with Crippen molar-refractivity contribution in [1.29, 1.82) is 0 Å². The summed E-state index contributed by atoms with van der Waals surface area (Å²) in [5.74, 6) is -1.17. The first-order chi connectivity index (χ1) is 19.5. The molecule has 4 N–H and O–H groups in total. The van der Waals surface area contributed by atoms with Crippen LogP contribution in [0.5, 0.6) is 0 Å². The van der Waals surface area contributed by atoms with Gasteiger partial charge in [-0.25, -0.2) is 13.2 Å². The van der Waals surface area contributed by atoms with Crippen LogP contribution in [0.4, 0.5) is 9.80 Å². The lowest BCUT2D eigenvalue weighted by molar-refractivity contribution is 0.0965. The third-order valence-corrected chi connectivity index (χ3v) is 10.0. The Kier molecular flexibility index (Phi) is 9.59. The van der Waals surface area contributed by atoms with Gasteiger partial charge in [-0.05, 0) is 68.6 Å². The number of imide groups is 1. The number of urea groups is 1. The molecular formula is C29H35N5O5S2. The fourth-order valence-electron chi connectivity index (χ4n) is 4.86.